The Kier molecular flexibility index (Phi) is 4.83. The summed E-state index contributed by atoms with van der Waals surface area (Å²) in [4.78, 5) is 15.4. The molecule has 5 nitrogen and oxygen atoms in total. The second-order valence-corrected chi connectivity index (χ2v) is 7.44. The van der Waals surface area contributed by atoms with Gasteiger partial charge in [-0.1, -0.05) is 17.8 Å². The van der Waals surface area contributed by atoms with E-state index in [1.165, 1.54) is 18.2 Å². The average molecular weight is 337 g/mol. The van der Waals surface area contributed by atoms with E-state index in [2.05, 4.69) is 24.0 Å². The zero-order chi connectivity index (χ0) is 15.5. The number of thiophene rings is 1. The largest absolute Gasteiger partial charge is 0.410 e. The van der Waals surface area contributed by atoms with Gasteiger partial charge in [0.15, 0.2) is 0 Å². The molecule has 3 rings (SSSR count). The van der Waals surface area contributed by atoms with Gasteiger partial charge in [-0.05, 0) is 44.6 Å². The SMILES string of the molecule is C[C@H]1CCC[C@H](C)N1C(=O)CSc1nnc(-c2cccs2)o1. The number of carbonyl (C=O) groups is 1. The van der Waals surface area contributed by atoms with Crippen molar-refractivity contribution in [3.05, 3.63) is 17.5 Å². The van der Waals surface area contributed by atoms with Gasteiger partial charge >= 0.3 is 0 Å². The van der Waals surface area contributed by atoms with Crippen molar-refractivity contribution in [3.63, 3.8) is 0 Å². The molecule has 1 aliphatic heterocycles. The van der Waals surface area contributed by atoms with Crippen LogP contribution in [-0.2, 0) is 4.79 Å². The molecule has 7 heteroatoms. The molecule has 0 N–H and O–H groups in total. The van der Waals surface area contributed by atoms with Crippen LogP contribution in [0.3, 0.4) is 0 Å². The number of amides is 1. The Morgan fingerprint density at radius 2 is 2.18 bits per heavy atom. The number of hydrogen-bond acceptors (Lipinski definition) is 6. The summed E-state index contributed by atoms with van der Waals surface area (Å²) in [5, 5.41) is 10.5. The number of carbonyl (C=O) groups excluding carboxylic acids is 1. The zero-order valence-corrected chi connectivity index (χ0v) is 14.3. The quantitative estimate of drug-likeness (QED) is 0.797. The lowest BCUT2D eigenvalue weighted by atomic mass is 9.98. The molecule has 1 saturated heterocycles. The van der Waals surface area contributed by atoms with Crippen molar-refractivity contribution in [2.75, 3.05) is 5.75 Å². The first-order valence-corrected chi connectivity index (χ1v) is 9.33. The maximum Gasteiger partial charge on any atom is 0.277 e. The summed E-state index contributed by atoms with van der Waals surface area (Å²) in [6.07, 6.45) is 3.38. The van der Waals surface area contributed by atoms with E-state index in [9.17, 15) is 4.79 Å². The predicted octanol–water partition coefficient (Wildman–Crippen LogP) is 3.68. The van der Waals surface area contributed by atoms with Crippen LogP contribution in [0, 0.1) is 0 Å². The van der Waals surface area contributed by atoms with Gasteiger partial charge in [0.05, 0.1) is 10.6 Å². The third-order valence-electron chi connectivity index (χ3n) is 3.94. The van der Waals surface area contributed by atoms with Crippen LogP contribution in [0.2, 0.25) is 0 Å². The predicted molar refractivity (Wildman–Crippen MR) is 88.0 cm³/mol. The topological polar surface area (TPSA) is 59.2 Å². The first-order valence-electron chi connectivity index (χ1n) is 7.46. The van der Waals surface area contributed by atoms with Crippen molar-refractivity contribution < 1.29 is 9.21 Å². The van der Waals surface area contributed by atoms with Crippen molar-refractivity contribution >= 4 is 29.0 Å². The van der Waals surface area contributed by atoms with E-state index < -0.39 is 0 Å². The Morgan fingerprint density at radius 1 is 1.41 bits per heavy atom. The lowest BCUT2D eigenvalue weighted by Crippen LogP contribution is -2.48. The highest BCUT2D eigenvalue weighted by atomic mass is 32.2. The molecule has 1 amide bonds. The molecule has 3 heterocycles. The van der Waals surface area contributed by atoms with Gasteiger partial charge < -0.3 is 9.32 Å². The lowest BCUT2D eigenvalue weighted by Gasteiger charge is -2.39. The highest BCUT2D eigenvalue weighted by Gasteiger charge is 2.29. The fourth-order valence-corrected chi connectivity index (χ4v) is 4.16. The summed E-state index contributed by atoms with van der Waals surface area (Å²) in [5.41, 5.74) is 0. The average Bonchev–Trinajstić information content (AvgIpc) is 3.16. The van der Waals surface area contributed by atoms with Gasteiger partial charge in [-0.2, -0.15) is 0 Å². The molecule has 22 heavy (non-hydrogen) atoms. The molecule has 2 aromatic heterocycles. The van der Waals surface area contributed by atoms with Crippen molar-refractivity contribution in [2.45, 2.75) is 50.4 Å². The lowest BCUT2D eigenvalue weighted by molar-refractivity contribution is -0.134. The number of rotatable bonds is 4. The van der Waals surface area contributed by atoms with E-state index in [4.69, 9.17) is 4.42 Å². The van der Waals surface area contributed by atoms with Crippen LogP contribution >= 0.6 is 23.1 Å². The Labute approximate surface area is 138 Å². The number of piperidine rings is 1. The normalized spacial score (nSPS) is 22.0. The Bertz CT molecular complexity index is 617. The second-order valence-electron chi connectivity index (χ2n) is 5.57. The van der Waals surface area contributed by atoms with Gasteiger partial charge in [0, 0.05) is 12.1 Å². The van der Waals surface area contributed by atoms with Gasteiger partial charge in [-0.3, -0.25) is 4.79 Å². The van der Waals surface area contributed by atoms with Crippen molar-refractivity contribution in [1.82, 2.24) is 15.1 Å². The molecule has 0 aromatic carbocycles. The van der Waals surface area contributed by atoms with Crippen molar-refractivity contribution in [3.8, 4) is 10.8 Å². The smallest absolute Gasteiger partial charge is 0.277 e. The molecule has 1 aliphatic rings. The van der Waals surface area contributed by atoms with Crippen LogP contribution < -0.4 is 0 Å². The van der Waals surface area contributed by atoms with Crippen molar-refractivity contribution in [2.24, 2.45) is 0 Å². The molecule has 0 spiro atoms. The van der Waals surface area contributed by atoms with E-state index in [0.29, 0.717) is 29.0 Å². The molecule has 0 saturated carbocycles. The van der Waals surface area contributed by atoms with E-state index in [0.717, 1.165) is 17.7 Å². The molecular formula is C15H19N3O2S2. The minimum atomic E-state index is 0.153. The number of thioether (sulfide) groups is 1. The zero-order valence-electron chi connectivity index (χ0n) is 12.7. The molecular weight excluding hydrogens is 318 g/mol. The Hall–Kier alpha value is -1.34. The summed E-state index contributed by atoms with van der Waals surface area (Å²) >= 11 is 2.87. The van der Waals surface area contributed by atoms with E-state index in [-0.39, 0.29) is 5.91 Å². The maximum absolute atomic E-state index is 12.4. The van der Waals surface area contributed by atoms with E-state index in [1.807, 2.05) is 22.4 Å². The molecule has 0 aliphatic carbocycles. The summed E-state index contributed by atoms with van der Waals surface area (Å²) in [6, 6.07) is 4.52. The molecule has 0 bridgehead atoms. The minimum absolute atomic E-state index is 0.153. The molecule has 0 unspecified atom stereocenters. The Morgan fingerprint density at radius 3 is 2.86 bits per heavy atom. The second kappa shape index (κ2) is 6.83. The van der Waals surface area contributed by atoms with E-state index in [1.54, 1.807) is 11.3 Å². The fraction of sp³-hybridized carbons (Fsp3) is 0.533. The van der Waals surface area contributed by atoms with Crippen LogP contribution in [0.15, 0.2) is 27.2 Å². The summed E-state index contributed by atoms with van der Waals surface area (Å²) in [5.74, 6) is 1.02. The fourth-order valence-electron chi connectivity index (χ4n) is 2.88. The van der Waals surface area contributed by atoms with Crippen LogP contribution in [0.5, 0.6) is 0 Å². The third kappa shape index (κ3) is 3.35. The molecule has 1 fully saturated rings. The van der Waals surface area contributed by atoms with Gasteiger partial charge in [-0.25, -0.2) is 0 Å². The van der Waals surface area contributed by atoms with Gasteiger partial charge in [-0.15, -0.1) is 21.5 Å². The Balaban J connectivity index is 1.59. The molecule has 0 radical (unpaired) electrons. The van der Waals surface area contributed by atoms with Gasteiger partial charge in [0.25, 0.3) is 11.1 Å². The van der Waals surface area contributed by atoms with E-state index >= 15 is 0 Å². The maximum atomic E-state index is 12.4. The summed E-state index contributed by atoms with van der Waals surface area (Å²) in [7, 11) is 0. The molecule has 118 valence electrons. The number of nitrogens with zero attached hydrogens (tertiary/aromatic N) is 3. The van der Waals surface area contributed by atoms with Crippen molar-refractivity contribution in [1.29, 1.82) is 0 Å². The summed E-state index contributed by atoms with van der Waals surface area (Å²) in [6.45, 7) is 4.25. The number of hydrogen-bond donors (Lipinski definition) is 0. The summed E-state index contributed by atoms with van der Waals surface area (Å²) < 4.78 is 5.60. The number of likely N-dealkylation sites (tertiary alicyclic amines) is 1. The highest BCUT2D eigenvalue weighted by Crippen LogP contribution is 2.28. The van der Waals surface area contributed by atoms with Gasteiger partial charge in [0.1, 0.15) is 0 Å². The third-order valence-corrected chi connectivity index (χ3v) is 5.60. The monoisotopic (exact) mass is 337 g/mol. The van der Waals surface area contributed by atoms with Crippen LogP contribution in [-0.4, -0.2) is 38.8 Å². The van der Waals surface area contributed by atoms with Crippen LogP contribution in [0.25, 0.3) is 10.8 Å². The van der Waals surface area contributed by atoms with Crippen LogP contribution in [0.1, 0.15) is 33.1 Å². The highest BCUT2D eigenvalue weighted by molar-refractivity contribution is 7.99. The standard InChI is InChI=1S/C15H19N3O2S2/c1-10-5-3-6-11(2)18(10)13(19)9-22-15-17-16-14(20-15)12-7-4-8-21-12/h4,7-8,10-11H,3,5-6,9H2,1-2H3/t10-,11-/m0/s1. The van der Waals surface area contributed by atoms with Gasteiger partial charge in [0.2, 0.25) is 5.91 Å². The van der Waals surface area contributed by atoms with Crippen LogP contribution in [0.4, 0.5) is 0 Å². The molecule has 2 aromatic rings. The molecule has 2 atom stereocenters. The minimum Gasteiger partial charge on any atom is -0.410 e. The first-order chi connectivity index (χ1) is 10.6. The number of aromatic nitrogens is 2. The first kappa shape index (κ1) is 15.6.